The normalized spacial score (nSPS) is 30.6. The van der Waals surface area contributed by atoms with Crippen LogP contribution in [-0.4, -0.2) is 66.7 Å². The van der Waals surface area contributed by atoms with Gasteiger partial charge in [0.2, 0.25) is 5.91 Å². The predicted molar refractivity (Wildman–Crippen MR) is 74.9 cm³/mol. The quantitative estimate of drug-likeness (QED) is 0.804. The summed E-state index contributed by atoms with van der Waals surface area (Å²) in [6, 6.07) is 0.155. The molecule has 0 aromatic heterocycles. The molecule has 0 spiro atoms. The highest BCUT2D eigenvalue weighted by atomic mass is 16.5. The molecule has 2 rings (SSSR count). The second-order valence-corrected chi connectivity index (χ2v) is 5.89. The standard InChI is InChI=1S/C14H27N3O2/c1-11-9-17(10-12(2)19-11)13(8-15)7-14(18)16-5-3-4-6-16/h11-13H,3-10,15H2,1-2H3/t11-,12+,13?. The van der Waals surface area contributed by atoms with Crippen molar-refractivity contribution in [2.75, 3.05) is 32.7 Å². The lowest BCUT2D eigenvalue weighted by molar-refractivity contribution is -0.133. The zero-order valence-electron chi connectivity index (χ0n) is 12.2. The summed E-state index contributed by atoms with van der Waals surface area (Å²) in [6.45, 7) is 8.30. The summed E-state index contributed by atoms with van der Waals surface area (Å²) in [5.74, 6) is 0.264. The Kier molecular flexibility index (Phi) is 5.19. The first kappa shape index (κ1) is 14.8. The smallest absolute Gasteiger partial charge is 0.224 e. The summed E-state index contributed by atoms with van der Waals surface area (Å²) in [4.78, 5) is 16.5. The van der Waals surface area contributed by atoms with Gasteiger partial charge in [0.25, 0.3) is 0 Å². The van der Waals surface area contributed by atoms with Gasteiger partial charge in [-0.25, -0.2) is 0 Å². The average molecular weight is 269 g/mol. The molecule has 5 heteroatoms. The molecular formula is C14H27N3O2. The monoisotopic (exact) mass is 269 g/mol. The molecule has 5 nitrogen and oxygen atoms in total. The number of ether oxygens (including phenoxy) is 1. The molecule has 110 valence electrons. The van der Waals surface area contributed by atoms with Crippen LogP contribution in [0.4, 0.5) is 0 Å². The second kappa shape index (κ2) is 6.68. The van der Waals surface area contributed by atoms with Gasteiger partial charge in [0, 0.05) is 45.2 Å². The van der Waals surface area contributed by atoms with E-state index in [4.69, 9.17) is 10.5 Å². The van der Waals surface area contributed by atoms with Gasteiger partial charge in [0.05, 0.1) is 12.2 Å². The van der Waals surface area contributed by atoms with Crippen LogP contribution in [-0.2, 0) is 9.53 Å². The number of carbonyl (C=O) groups excluding carboxylic acids is 1. The molecule has 2 saturated heterocycles. The van der Waals surface area contributed by atoms with E-state index in [1.807, 2.05) is 4.90 Å². The van der Waals surface area contributed by atoms with Gasteiger partial charge >= 0.3 is 0 Å². The van der Waals surface area contributed by atoms with Crippen LogP contribution in [0.3, 0.4) is 0 Å². The molecular weight excluding hydrogens is 242 g/mol. The molecule has 0 aliphatic carbocycles. The lowest BCUT2D eigenvalue weighted by Gasteiger charge is -2.40. The number of nitrogens with two attached hydrogens (primary N) is 1. The van der Waals surface area contributed by atoms with E-state index in [1.165, 1.54) is 0 Å². The van der Waals surface area contributed by atoms with Crippen molar-refractivity contribution in [3.63, 3.8) is 0 Å². The fraction of sp³-hybridized carbons (Fsp3) is 0.929. The lowest BCUT2D eigenvalue weighted by Crippen LogP contribution is -2.53. The summed E-state index contributed by atoms with van der Waals surface area (Å²) in [7, 11) is 0. The molecule has 0 bridgehead atoms. The van der Waals surface area contributed by atoms with Gasteiger partial charge in [-0.15, -0.1) is 0 Å². The second-order valence-electron chi connectivity index (χ2n) is 5.89. The molecule has 2 aliphatic heterocycles. The number of carbonyl (C=O) groups is 1. The van der Waals surface area contributed by atoms with Gasteiger partial charge in [-0.3, -0.25) is 9.69 Å². The molecule has 2 heterocycles. The van der Waals surface area contributed by atoms with Gasteiger partial charge in [-0.1, -0.05) is 0 Å². The Hall–Kier alpha value is -0.650. The number of hydrogen-bond donors (Lipinski definition) is 1. The highest BCUT2D eigenvalue weighted by Gasteiger charge is 2.30. The third-order valence-corrected chi connectivity index (χ3v) is 4.11. The Labute approximate surface area is 116 Å². The predicted octanol–water partition coefficient (Wildman–Crippen LogP) is 0.435. The summed E-state index contributed by atoms with van der Waals surface area (Å²) >= 11 is 0. The van der Waals surface area contributed by atoms with Crippen LogP contribution >= 0.6 is 0 Å². The van der Waals surface area contributed by atoms with Crippen LogP contribution in [0.15, 0.2) is 0 Å². The average Bonchev–Trinajstić information content (AvgIpc) is 2.88. The van der Waals surface area contributed by atoms with Crippen LogP contribution in [0.5, 0.6) is 0 Å². The zero-order valence-corrected chi connectivity index (χ0v) is 12.2. The Morgan fingerprint density at radius 2 is 1.84 bits per heavy atom. The highest BCUT2D eigenvalue weighted by molar-refractivity contribution is 5.77. The van der Waals surface area contributed by atoms with Crippen LogP contribution in [0.1, 0.15) is 33.1 Å². The topological polar surface area (TPSA) is 58.8 Å². The first-order chi connectivity index (χ1) is 9.10. The molecule has 0 aromatic carbocycles. The third kappa shape index (κ3) is 3.91. The fourth-order valence-electron chi connectivity index (χ4n) is 3.17. The van der Waals surface area contributed by atoms with E-state index in [-0.39, 0.29) is 24.2 Å². The van der Waals surface area contributed by atoms with Crippen LogP contribution in [0.2, 0.25) is 0 Å². The van der Waals surface area contributed by atoms with Crippen molar-refractivity contribution >= 4 is 5.91 Å². The van der Waals surface area contributed by atoms with Gasteiger partial charge < -0.3 is 15.4 Å². The minimum absolute atomic E-state index is 0.155. The number of amides is 1. The van der Waals surface area contributed by atoms with E-state index < -0.39 is 0 Å². The Balaban J connectivity index is 1.89. The maximum atomic E-state index is 12.2. The molecule has 0 radical (unpaired) electrons. The van der Waals surface area contributed by atoms with E-state index in [9.17, 15) is 4.79 Å². The number of nitrogens with zero attached hydrogens (tertiary/aromatic N) is 2. The van der Waals surface area contributed by atoms with E-state index in [0.29, 0.717) is 13.0 Å². The van der Waals surface area contributed by atoms with Crippen molar-refractivity contribution in [3.8, 4) is 0 Å². The van der Waals surface area contributed by atoms with Gasteiger partial charge in [0.15, 0.2) is 0 Å². The van der Waals surface area contributed by atoms with Gasteiger partial charge in [0.1, 0.15) is 0 Å². The molecule has 2 aliphatic rings. The third-order valence-electron chi connectivity index (χ3n) is 4.11. The van der Waals surface area contributed by atoms with Crippen molar-refractivity contribution in [1.29, 1.82) is 0 Å². The van der Waals surface area contributed by atoms with Gasteiger partial charge in [-0.2, -0.15) is 0 Å². The van der Waals surface area contributed by atoms with Crippen molar-refractivity contribution in [3.05, 3.63) is 0 Å². The highest BCUT2D eigenvalue weighted by Crippen LogP contribution is 2.17. The lowest BCUT2D eigenvalue weighted by atomic mass is 10.1. The minimum atomic E-state index is 0.155. The van der Waals surface area contributed by atoms with E-state index >= 15 is 0 Å². The Morgan fingerprint density at radius 3 is 2.37 bits per heavy atom. The number of hydrogen-bond acceptors (Lipinski definition) is 4. The molecule has 2 N–H and O–H groups in total. The van der Waals surface area contributed by atoms with Crippen molar-refractivity contribution in [2.24, 2.45) is 5.73 Å². The van der Waals surface area contributed by atoms with Crippen LogP contribution < -0.4 is 5.73 Å². The van der Waals surface area contributed by atoms with E-state index in [0.717, 1.165) is 39.0 Å². The van der Waals surface area contributed by atoms with Crippen molar-refractivity contribution in [1.82, 2.24) is 9.80 Å². The van der Waals surface area contributed by atoms with Crippen molar-refractivity contribution in [2.45, 2.75) is 51.4 Å². The van der Waals surface area contributed by atoms with E-state index in [2.05, 4.69) is 18.7 Å². The zero-order chi connectivity index (χ0) is 13.8. The van der Waals surface area contributed by atoms with Crippen molar-refractivity contribution < 1.29 is 9.53 Å². The molecule has 2 fully saturated rings. The Morgan fingerprint density at radius 1 is 1.26 bits per heavy atom. The molecule has 0 aromatic rings. The fourth-order valence-corrected chi connectivity index (χ4v) is 3.17. The molecule has 19 heavy (non-hydrogen) atoms. The van der Waals surface area contributed by atoms with E-state index in [1.54, 1.807) is 0 Å². The molecule has 3 atom stereocenters. The summed E-state index contributed by atoms with van der Waals surface area (Å²) < 4.78 is 5.74. The minimum Gasteiger partial charge on any atom is -0.373 e. The first-order valence-electron chi connectivity index (χ1n) is 7.47. The number of morpholine rings is 1. The molecule has 0 saturated carbocycles. The maximum absolute atomic E-state index is 12.2. The van der Waals surface area contributed by atoms with Crippen LogP contribution in [0, 0.1) is 0 Å². The Bertz CT molecular complexity index is 295. The SMILES string of the molecule is C[C@@H]1CN(C(CN)CC(=O)N2CCCC2)C[C@H](C)O1. The summed E-state index contributed by atoms with van der Waals surface area (Å²) in [5.41, 5.74) is 5.89. The van der Waals surface area contributed by atoms with Crippen LogP contribution in [0.25, 0.3) is 0 Å². The van der Waals surface area contributed by atoms with Gasteiger partial charge in [-0.05, 0) is 26.7 Å². The summed E-state index contributed by atoms with van der Waals surface area (Å²) in [5, 5.41) is 0. The number of likely N-dealkylation sites (tertiary alicyclic amines) is 1. The molecule has 1 unspecified atom stereocenters. The summed E-state index contributed by atoms with van der Waals surface area (Å²) in [6.07, 6.45) is 3.28. The largest absolute Gasteiger partial charge is 0.373 e. The number of rotatable bonds is 4. The first-order valence-corrected chi connectivity index (χ1v) is 7.47. The molecule has 1 amide bonds. The maximum Gasteiger partial charge on any atom is 0.224 e.